The van der Waals surface area contributed by atoms with Gasteiger partial charge in [-0.15, -0.1) is 0 Å². The summed E-state index contributed by atoms with van der Waals surface area (Å²) in [7, 11) is 0. The number of H-pyrrole nitrogens is 1. The van der Waals surface area contributed by atoms with E-state index >= 15 is 0 Å². The molecule has 44 heavy (non-hydrogen) atoms. The number of halogens is 3. The standard InChI is InChI=1S/C32H36F3N7O2/c1-3-21-19-42(20-23-15-25(17-38-29(21)23)44-28-8-10-37-30-26(28)7-9-36-30)31(43)39-24-6-5-22(27(16-24)32(33,34)35)18-41-13-11-40(4-2)12-14-41/h5-10,15-17,21H,3-4,11-14,18-20H2,1-2H3,(H,36,37)(H,39,43)/t21-/m1/s1. The van der Waals surface area contributed by atoms with Gasteiger partial charge in [0.25, 0.3) is 0 Å². The molecule has 0 spiro atoms. The van der Waals surface area contributed by atoms with E-state index in [4.69, 9.17) is 4.74 Å². The number of urea groups is 1. The van der Waals surface area contributed by atoms with Crippen molar-refractivity contribution in [3.8, 4) is 11.5 Å². The number of rotatable bonds is 7. The third-order valence-corrected chi connectivity index (χ3v) is 8.57. The summed E-state index contributed by atoms with van der Waals surface area (Å²) in [6.07, 6.45) is 1.33. The molecule has 0 saturated carbocycles. The molecule has 2 aliphatic rings. The quantitative estimate of drug-likeness (QED) is 0.251. The molecule has 1 saturated heterocycles. The zero-order valence-electron chi connectivity index (χ0n) is 24.8. The van der Waals surface area contributed by atoms with Crippen LogP contribution in [0.25, 0.3) is 11.0 Å². The molecule has 2 N–H and O–H groups in total. The fraction of sp³-hybridized carbons (Fsp3) is 0.406. The lowest BCUT2D eigenvalue weighted by Crippen LogP contribution is -2.45. The first kappa shape index (κ1) is 29.9. The number of ether oxygens (including phenoxy) is 1. The van der Waals surface area contributed by atoms with E-state index in [9.17, 15) is 18.0 Å². The molecule has 3 aromatic heterocycles. The van der Waals surface area contributed by atoms with Crippen molar-refractivity contribution in [3.05, 3.63) is 77.4 Å². The second-order valence-electron chi connectivity index (χ2n) is 11.4. The molecule has 12 heteroatoms. The Kier molecular flexibility index (Phi) is 8.46. The molecule has 0 radical (unpaired) electrons. The molecule has 6 rings (SSSR count). The number of piperazine rings is 1. The average Bonchev–Trinajstić information content (AvgIpc) is 3.51. The van der Waals surface area contributed by atoms with Crippen molar-refractivity contribution in [1.82, 2.24) is 29.7 Å². The highest BCUT2D eigenvalue weighted by Crippen LogP contribution is 2.36. The first-order valence-electron chi connectivity index (χ1n) is 15.0. The van der Waals surface area contributed by atoms with Crippen molar-refractivity contribution in [2.45, 2.75) is 45.5 Å². The number of amides is 2. The van der Waals surface area contributed by atoms with Crippen molar-refractivity contribution in [3.63, 3.8) is 0 Å². The summed E-state index contributed by atoms with van der Waals surface area (Å²) >= 11 is 0. The number of alkyl halides is 3. The number of benzene rings is 1. The van der Waals surface area contributed by atoms with Gasteiger partial charge < -0.3 is 24.8 Å². The van der Waals surface area contributed by atoms with Gasteiger partial charge in [0.1, 0.15) is 17.1 Å². The molecule has 1 aromatic carbocycles. The van der Waals surface area contributed by atoms with Crippen LogP contribution in [-0.2, 0) is 19.3 Å². The number of likely N-dealkylation sites (N-methyl/N-ethyl adjacent to an activating group) is 1. The lowest BCUT2D eigenvalue weighted by atomic mass is 9.92. The Morgan fingerprint density at radius 2 is 1.86 bits per heavy atom. The molecule has 0 aliphatic carbocycles. The maximum Gasteiger partial charge on any atom is 0.416 e. The van der Waals surface area contributed by atoms with Crippen LogP contribution in [0, 0.1) is 0 Å². The van der Waals surface area contributed by atoms with Gasteiger partial charge in [-0.05, 0) is 54.4 Å². The van der Waals surface area contributed by atoms with E-state index in [-0.39, 0.29) is 30.3 Å². The number of carbonyl (C=O) groups is 1. The molecule has 5 heterocycles. The predicted molar refractivity (Wildman–Crippen MR) is 162 cm³/mol. The van der Waals surface area contributed by atoms with Crippen LogP contribution in [0.3, 0.4) is 0 Å². The Morgan fingerprint density at radius 3 is 2.61 bits per heavy atom. The summed E-state index contributed by atoms with van der Waals surface area (Å²) in [5.41, 5.74) is 2.05. The topological polar surface area (TPSA) is 89.6 Å². The van der Waals surface area contributed by atoms with E-state index in [1.165, 1.54) is 6.07 Å². The third-order valence-electron chi connectivity index (χ3n) is 8.57. The van der Waals surface area contributed by atoms with Gasteiger partial charge in [0.05, 0.1) is 22.8 Å². The predicted octanol–water partition coefficient (Wildman–Crippen LogP) is 6.45. The number of hydrogen-bond donors (Lipinski definition) is 2. The van der Waals surface area contributed by atoms with E-state index in [2.05, 4.69) is 32.1 Å². The summed E-state index contributed by atoms with van der Waals surface area (Å²) in [6.45, 7) is 9.05. The van der Waals surface area contributed by atoms with E-state index in [1.807, 2.05) is 24.0 Å². The van der Waals surface area contributed by atoms with E-state index in [0.29, 0.717) is 23.7 Å². The fourth-order valence-corrected chi connectivity index (χ4v) is 6.06. The van der Waals surface area contributed by atoms with Gasteiger partial charge in [0, 0.05) is 69.8 Å². The highest BCUT2D eigenvalue weighted by Gasteiger charge is 2.35. The summed E-state index contributed by atoms with van der Waals surface area (Å²) in [5, 5.41) is 3.55. The van der Waals surface area contributed by atoms with Crippen LogP contribution < -0.4 is 10.1 Å². The van der Waals surface area contributed by atoms with Crippen molar-refractivity contribution in [1.29, 1.82) is 0 Å². The van der Waals surface area contributed by atoms with Crippen LogP contribution in [-0.4, -0.2) is 75.0 Å². The highest BCUT2D eigenvalue weighted by atomic mass is 19.4. The van der Waals surface area contributed by atoms with Crippen LogP contribution in [0.1, 0.15) is 48.6 Å². The first-order chi connectivity index (χ1) is 21.2. The van der Waals surface area contributed by atoms with Crippen LogP contribution in [0.2, 0.25) is 0 Å². The Bertz CT molecular complexity index is 1630. The smallest absolute Gasteiger partial charge is 0.416 e. The fourth-order valence-electron chi connectivity index (χ4n) is 6.06. The number of anilines is 1. The molecule has 0 bridgehead atoms. The maximum atomic E-state index is 14.1. The van der Waals surface area contributed by atoms with E-state index in [0.717, 1.165) is 61.9 Å². The molecular weight excluding hydrogens is 571 g/mol. The SMILES string of the molecule is CC[C@@H]1CN(C(=O)Nc2ccc(CN3CCN(CC)CC3)c(C(F)(F)F)c2)Cc2cc(Oc3ccnc4[nH]ccc34)cnc21. The Labute approximate surface area is 254 Å². The van der Waals surface area contributed by atoms with Crippen molar-refractivity contribution >= 4 is 22.8 Å². The van der Waals surface area contributed by atoms with E-state index in [1.54, 1.807) is 35.6 Å². The van der Waals surface area contributed by atoms with Gasteiger partial charge in [-0.1, -0.05) is 19.9 Å². The average molecular weight is 608 g/mol. The minimum absolute atomic E-state index is 0.0165. The molecule has 1 atom stereocenters. The molecule has 9 nitrogen and oxygen atoms in total. The van der Waals surface area contributed by atoms with Crippen molar-refractivity contribution in [2.75, 3.05) is 44.6 Å². The molecule has 2 amide bonds. The highest BCUT2D eigenvalue weighted by molar-refractivity contribution is 5.89. The van der Waals surface area contributed by atoms with Crippen molar-refractivity contribution in [2.24, 2.45) is 0 Å². The Morgan fingerprint density at radius 1 is 1.07 bits per heavy atom. The molecule has 1 fully saturated rings. The van der Waals surface area contributed by atoms with E-state index < -0.39 is 17.8 Å². The lowest BCUT2D eigenvalue weighted by Gasteiger charge is -2.34. The number of nitrogens with one attached hydrogen (secondary N) is 2. The number of carbonyl (C=O) groups excluding carboxylic acids is 1. The zero-order chi connectivity index (χ0) is 30.8. The van der Waals surface area contributed by atoms with Crippen LogP contribution in [0.15, 0.2) is 55.0 Å². The minimum atomic E-state index is -4.54. The zero-order valence-corrected chi connectivity index (χ0v) is 24.8. The molecule has 0 unspecified atom stereocenters. The first-order valence-corrected chi connectivity index (χ1v) is 15.0. The Hall–Kier alpha value is -4.16. The normalized spacial score (nSPS) is 17.9. The lowest BCUT2D eigenvalue weighted by molar-refractivity contribution is -0.138. The van der Waals surface area contributed by atoms with Crippen LogP contribution in [0.4, 0.5) is 23.7 Å². The van der Waals surface area contributed by atoms with Crippen LogP contribution >= 0.6 is 0 Å². The number of hydrogen-bond acceptors (Lipinski definition) is 6. The summed E-state index contributed by atoms with van der Waals surface area (Å²) in [5.74, 6) is 1.14. The summed E-state index contributed by atoms with van der Waals surface area (Å²) < 4.78 is 48.6. The largest absolute Gasteiger partial charge is 0.455 e. The van der Waals surface area contributed by atoms with Crippen LogP contribution in [0.5, 0.6) is 11.5 Å². The number of aromatic nitrogens is 3. The third kappa shape index (κ3) is 6.36. The molecule has 2 aliphatic heterocycles. The van der Waals surface area contributed by atoms with Gasteiger partial charge in [-0.3, -0.25) is 9.88 Å². The summed E-state index contributed by atoms with van der Waals surface area (Å²) in [4.78, 5) is 31.4. The van der Waals surface area contributed by atoms with Gasteiger partial charge in [0.15, 0.2) is 0 Å². The number of pyridine rings is 2. The number of nitrogens with zero attached hydrogens (tertiary/aromatic N) is 5. The second-order valence-corrected chi connectivity index (χ2v) is 11.4. The van der Waals surface area contributed by atoms with Crippen molar-refractivity contribution < 1.29 is 22.7 Å². The maximum absolute atomic E-state index is 14.1. The van der Waals surface area contributed by atoms with Gasteiger partial charge >= 0.3 is 12.2 Å². The minimum Gasteiger partial charge on any atom is -0.455 e. The molecule has 232 valence electrons. The monoisotopic (exact) mass is 607 g/mol. The van der Waals surface area contributed by atoms with Gasteiger partial charge in [-0.25, -0.2) is 9.78 Å². The number of aromatic amines is 1. The second kappa shape index (κ2) is 12.4. The summed E-state index contributed by atoms with van der Waals surface area (Å²) in [6, 6.07) is 9.17. The van der Waals surface area contributed by atoms with Gasteiger partial charge in [0.2, 0.25) is 0 Å². The number of fused-ring (bicyclic) bond motifs is 2. The van der Waals surface area contributed by atoms with Gasteiger partial charge in [-0.2, -0.15) is 13.2 Å². The molecule has 4 aromatic rings. The molecular formula is C32H36F3N7O2. The Balaban J connectivity index is 1.17.